The monoisotopic (exact) mass is 405 g/mol. The molecule has 30 heavy (non-hydrogen) atoms. The summed E-state index contributed by atoms with van der Waals surface area (Å²) in [7, 11) is 0. The quantitative estimate of drug-likeness (QED) is 0.481. The van der Waals surface area contributed by atoms with E-state index in [4.69, 9.17) is 9.15 Å². The van der Waals surface area contributed by atoms with Crippen LogP contribution < -0.4 is 10.9 Å². The summed E-state index contributed by atoms with van der Waals surface area (Å²) in [5.41, 5.74) is 1.89. The minimum Gasteiger partial charge on any atom is -0.452 e. The molecule has 0 aliphatic carbocycles. The topological polar surface area (TPSA) is 110 Å². The molecule has 0 atom stereocenters. The van der Waals surface area contributed by atoms with Crippen LogP contribution in [0.4, 0.5) is 17.1 Å². The van der Waals surface area contributed by atoms with Gasteiger partial charge in [0, 0.05) is 11.8 Å². The fourth-order valence-electron chi connectivity index (χ4n) is 2.68. The third-order valence-electron chi connectivity index (χ3n) is 4.06. The van der Waals surface area contributed by atoms with E-state index in [2.05, 4.69) is 15.5 Å². The van der Waals surface area contributed by atoms with Crippen molar-refractivity contribution in [2.45, 2.75) is 13.8 Å². The van der Waals surface area contributed by atoms with Crippen molar-refractivity contribution in [3.63, 3.8) is 0 Å². The van der Waals surface area contributed by atoms with Crippen molar-refractivity contribution in [2.24, 2.45) is 10.2 Å². The molecule has 0 bridgehead atoms. The number of anilines is 1. The van der Waals surface area contributed by atoms with Crippen LogP contribution in [0.1, 0.15) is 21.7 Å². The van der Waals surface area contributed by atoms with Gasteiger partial charge in [-0.25, -0.2) is 9.59 Å². The standard InChI is InChI=1S/C22H19N3O5/c1-14-12-20(27)30-15(2)21(14)22(28)29-13-19(26)23-16-8-10-18(11-9-16)25-24-17-6-4-3-5-7-17/h3-12H,13H2,1-2H3,(H,23,26). The molecule has 1 N–H and O–H groups in total. The number of azo groups is 1. The van der Waals surface area contributed by atoms with E-state index in [0.717, 1.165) is 5.69 Å². The molecule has 0 saturated carbocycles. The molecule has 152 valence electrons. The fraction of sp³-hybridized carbons (Fsp3) is 0.136. The number of benzene rings is 2. The van der Waals surface area contributed by atoms with Crippen LogP contribution in [0, 0.1) is 13.8 Å². The van der Waals surface area contributed by atoms with Gasteiger partial charge >= 0.3 is 11.6 Å². The van der Waals surface area contributed by atoms with Crippen molar-refractivity contribution >= 4 is 28.9 Å². The molecule has 0 radical (unpaired) electrons. The van der Waals surface area contributed by atoms with Gasteiger partial charge in [0.1, 0.15) is 11.3 Å². The lowest BCUT2D eigenvalue weighted by atomic mass is 10.1. The molecule has 8 heteroatoms. The minimum atomic E-state index is -0.736. The second-order valence-corrected chi connectivity index (χ2v) is 6.39. The van der Waals surface area contributed by atoms with Gasteiger partial charge < -0.3 is 14.5 Å². The minimum absolute atomic E-state index is 0.135. The molecular weight excluding hydrogens is 386 g/mol. The number of carbonyl (C=O) groups is 2. The predicted octanol–water partition coefficient (Wildman–Crippen LogP) is 4.47. The van der Waals surface area contributed by atoms with Crippen LogP contribution in [0.15, 0.2) is 80.1 Å². The zero-order valence-electron chi connectivity index (χ0n) is 16.4. The summed E-state index contributed by atoms with van der Waals surface area (Å²) in [4.78, 5) is 35.6. The maximum Gasteiger partial charge on any atom is 0.342 e. The van der Waals surface area contributed by atoms with Gasteiger partial charge in [-0.3, -0.25) is 4.79 Å². The first kappa shape index (κ1) is 20.7. The highest BCUT2D eigenvalue weighted by atomic mass is 16.5. The highest BCUT2D eigenvalue weighted by molar-refractivity contribution is 5.96. The van der Waals surface area contributed by atoms with E-state index in [1.807, 2.05) is 30.3 Å². The number of ether oxygens (including phenoxy) is 1. The Labute approximate surface area is 172 Å². The number of hydrogen-bond donors (Lipinski definition) is 1. The molecular formula is C22H19N3O5. The number of aryl methyl sites for hydroxylation is 2. The Morgan fingerprint density at radius 2 is 1.60 bits per heavy atom. The Kier molecular flexibility index (Phi) is 6.49. The van der Waals surface area contributed by atoms with E-state index in [1.165, 1.54) is 13.0 Å². The van der Waals surface area contributed by atoms with Crippen molar-refractivity contribution in [3.05, 3.63) is 88.0 Å². The van der Waals surface area contributed by atoms with Gasteiger partial charge in [0.05, 0.1) is 11.4 Å². The summed E-state index contributed by atoms with van der Waals surface area (Å²) < 4.78 is 9.93. The Morgan fingerprint density at radius 1 is 0.967 bits per heavy atom. The lowest BCUT2D eigenvalue weighted by Crippen LogP contribution is -2.22. The summed E-state index contributed by atoms with van der Waals surface area (Å²) in [5.74, 6) is -1.10. The molecule has 0 spiro atoms. The number of carbonyl (C=O) groups excluding carboxylic acids is 2. The van der Waals surface area contributed by atoms with Gasteiger partial charge in [-0.2, -0.15) is 10.2 Å². The van der Waals surface area contributed by atoms with Gasteiger partial charge in [-0.15, -0.1) is 0 Å². The number of esters is 1. The van der Waals surface area contributed by atoms with Crippen molar-refractivity contribution < 1.29 is 18.7 Å². The van der Waals surface area contributed by atoms with Crippen LogP contribution in [-0.4, -0.2) is 18.5 Å². The van der Waals surface area contributed by atoms with Gasteiger partial charge in [0.25, 0.3) is 5.91 Å². The van der Waals surface area contributed by atoms with Crippen LogP contribution in [0.2, 0.25) is 0 Å². The molecule has 0 aliphatic heterocycles. The molecule has 1 amide bonds. The Balaban J connectivity index is 1.54. The predicted molar refractivity (Wildman–Crippen MR) is 110 cm³/mol. The second-order valence-electron chi connectivity index (χ2n) is 6.39. The fourth-order valence-corrected chi connectivity index (χ4v) is 2.68. The first-order valence-corrected chi connectivity index (χ1v) is 9.07. The molecule has 0 saturated heterocycles. The van der Waals surface area contributed by atoms with E-state index >= 15 is 0 Å². The van der Waals surface area contributed by atoms with E-state index < -0.39 is 24.1 Å². The third kappa shape index (κ3) is 5.48. The smallest absolute Gasteiger partial charge is 0.342 e. The number of nitrogens with one attached hydrogen (secondary N) is 1. The maximum absolute atomic E-state index is 12.2. The van der Waals surface area contributed by atoms with Gasteiger partial charge in [0.2, 0.25) is 0 Å². The zero-order chi connectivity index (χ0) is 21.5. The summed E-state index contributed by atoms with van der Waals surface area (Å²) in [6.45, 7) is 2.60. The highest BCUT2D eigenvalue weighted by Gasteiger charge is 2.18. The normalized spacial score (nSPS) is 10.7. The SMILES string of the molecule is Cc1cc(=O)oc(C)c1C(=O)OCC(=O)Nc1ccc(N=Nc2ccccc2)cc1. The molecule has 0 aliphatic rings. The molecule has 8 nitrogen and oxygen atoms in total. The van der Waals surface area contributed by atoms with Crippen LogP contribution in [-0.2, 0) is 9.53 Å². The summed E-state index contributed by atoms with van der Waals surface area (Å²) in [5, 5.41) is 10.9. The molecule has 0 fully saturated rings. The largest absolute Gasteiger partial charge is 0.452 e. The lowest BCUT2D eigenvalue weighted by molar-refractivity contribution is -0.119. The second kappa shape index (κ2) is 9.42. The van der Waals surface area contributed by atoms with Crippen molar-refractivity contribution in [2.75, 3.05) is 11.9 Å². The van der Waals surface area contributed by atoms with Gasteiger partial charge in [0.15, 0.2) is 6.61 Å². The molecule has 2 aromatic carbocycles. The third-order valence-corrected chi connectivity index (χ3v) is 4.06. The highest BCUT2D eigenvalue weighted by Crippen LogP contribution is 2.20. The maximum atomic E-state index is 12.2. The summed E-state index contributed by atoms with van der Waals surface area (Å²) >= 11 is 0. The van der Waals surface area contributed by atoms with Crippen LogP contribution in [0.25, 0.3) is 0 Å². The van der Waals surface area contributed by atoms with Crippen LogP contribution in [0.5, 0.6) is 0 Å². The van der Waals surface area contributed by atoms with E-state index in [0.29, 0.717) is 16.9 Å². The molecule has 1 aromatic heterocycles. The summed E-state index contributed by atoms with van der Waals surface area (Å²) in [6, 6.07) is 17.2. The van der Waals surface area contributed by atoms with Gasteiger partial charge in [-0.1, -0.05) is 18.2 Å². The van der Waals surface area contributed by atoms with E-state index in [-0.39, 0.29) is 11.3 Å². The molecule has 3 rings (SSSR count). The van der Waals surface area contributed by atoms with Crippen molar-refractivity contribution in [1.29, 1.82) is 0 Å². The molecule has 3 aromatic rings. The average molecular weight is 405 g/mol. The van der Waals surface area contributed by atoms with Gasteiger partial charge in [-0.05, 0) is 55.8 Å². The van der Waals surface area contributed by atoms with Crippen LogP contribution in [0.3, 0.4) is 0 Å². The summed E-state index contributed by atoms with van der Waals surface area (Å²) in [6.07, 6.45) is 0. The first-order valence-electron chi connectivity index (χ1n) is 9.07. The zero-order valence-corrected chi connectivity index (χ0v) is 16.4. The lowest BCUT2D eigenvalue weighted by Gasteiger charge is -2.09. The molecule has 0 unspecified atom stereocenters. The Hall–Kier alpha value is -4.07. The Morgan fingerprint density at radius 3 is 2.23 bits per heavy atom. The van der Waals surface area contributed by atoms with Crippen LogP contribution >= 0.6 is 0 Å². The van der Waals surface area contributed by atoms with Crippen molar-refractivity contribution in [1.82, 2.24) is 0 Å². The molecule has 1 heterocycles. The number of nitrogens with zero attached hydrogens (tertiary/aromatic N) is 2. The van der Waals surface area contributed by atoms with E-state index in [1.54, 1.807) is 31.2 Å². The van der Waals surface area contributed by atoms with E-state index in [9.17, 15) is 14.4 Å². The first-order chi connectivity index (χ1) is 14.4. The number of amides is 1. The number of hydrogen-bond acceptors (Lipinski definition) is 7. The number of rotatable bonds is 6. The average Bonchev–Trinajstić information content (AvgIpc) is 2.72. The Bertz CT molecular complexity index is 1110. The van der Waals surface area contributed by atoms with Crippen molar-refractivity contribution in [3.8, 4) is 0 Å².